The molecule has 8 heteroatoms. The van der Waals surface area contributed by atoms with Gasteiger partial charge in [0, 0.05) is 6.42 Å². The molecule has 32 heavy (non-hydrogen) atoms. The van der Waals surface area contributed by atoms with E-state index in [1.807, 2.05) is 24.3 Å². The zero-order valence-electron chi connectivity index (χ0n) is 18.1. The molecule has 0 fully saturated rings. The van der Waals surface area contributed by atoms with Gasteiger partial charge in [0.15, 0.2) is 0 Å². The Kier molecular flexibility index (Phi) is 6.20. The number of hydrogen-bond donors (Lipinski definition) is 4. The van der Waals surface area contributed by atoms with Crippen LogP contribution in [0.1, 0.15) is 55.3 Å². The molecular weight excluding hydrogens is 406 g/mol. The van der Waals surface area contributed by atoms with Crippen LogP contribution in [0.4, 0.5) is 5.69 Å². The van der Waals surface area contributed by atoms with Crippen molar-refractivity contribution in [1.82, 2.24) is 20.6 Å². The lowest BCUT2D eigenvalue weighted by molar-refractivity contribution is -0.122. The summed E-state index contributed by atoms with van der Waals surface area (Å²) in [6.07, 6.45) is 1.02. The molecular formula is C24H27N5O3. The minimum Gasteiger partial charge on any atom is -0.346 e. The highest BCUT2D eigenvalue weighted by Gasteiger charge is 2.28. The molecule has 1 aliphatic rings. The molecule has 8 nitrogen and oxygen atoms in total. The Bertz CT molecular complexity index is 1120. The molecule has 0 aliphatic carbocycles. The molecule has 0 unspecified atom stereocenters. The van der Waals surface area contributed by atoms with E-state index in [0.717, 1.165) is 17.5 Å². The minimum atomic E-state index is -0.782. The second kappa shape index (κ2) is 9.21. The monoisotopic (exact) mass is 433 g/mol. The van der Waals surface area contributed by atoms with Crippen molar-refractivity contribution >= 4 is 34.4 Å². The molecule has 0 bridgehead atoms. The maximum atomic E-state index is 12.8. The van der Waals surface area contributed by atoms with Crippen LogP contribution in [0.25, 0.3) is 11.0 Å². The van der Waals surface area contributed by atoms with Crippen molar-refractivity contribution in [2.24, 2.45) is 5.92 Å². The summed E-state index contributed by atoms with van der Waals surface area (Å²) < 4.78 is 0. The maximum absolute atomic E-state index is 12.8. The van der Waals surface area contributed by atoms with Gasteiger partial charge in [0.2, 0.25) is 11.8 Å². The van der Waals surface area contributed by atoms with Crippen molar-refractivity contribution in [3.05, 3.63) is 59.9 Å². The maximum Gasteiger partial charge on any atom is 0.254 e. The summed E-state index contributed by atoms with van der Waals surface area (Å²) in [4.78, 5) is 45.7. The van der Waals surface area contributed by atoms with Gasteiger partial charge in [0.25, 0.3) is 5.91 Å². The molecule has 166 valence electrons. The Morgan fingerprint density at radius 3 is 2.62 bits per heavy atom. The molecule has 2 heterocycles. The number of nitrogens with one attached hydrogen (secondary N) is 4. The summed E-state index contributed by atoms with van der Waals surface area (Å²) in [6, 6.07) is 13.5. The fourth-order valence-electron chi connectivity index (χ4n) is 3.90. The quantitative estimate of drug-likeness (QED) is 0.457. The molecule has 4 rings (SSSR count). The van der Waals surface area contributed by atoms with Crippen LogP contribution in [0.15, 0.2) is 48.5 Å². The Balaban J connectivity index is 1.41. The van der Waals surface area contributed by atoms with Gasteiger partial charge in [0.05, 0.1) is 28.3 Å². The number of carbonyl (C=O) groups is 3. The Labute approximate surface area is 186 Å². The fourth-order valence-corrected chi connectivity index (χ4v) is 3.90. The van der Waals surface area contributed by atoms with Crippen molar-refractivity contribution < 1.29 is 14.4 Å². The van der Waals surface area contributed by atoms with Crippen molar-refractivity contribution in [3.8, 4) is 0 Å². The highest BCUT2D eigenvalue weighted by atomic mass is 16.2. The molecule has 4 N–H and O–H groups in total. The molecule has 0 saturated carbocycles. The number of aromatic amines is 1. The van der Waals surface area contributed by atoms with Crippen LogP contribution in [-0.4, -0.2) is 33.7 Å². The first-order valence-corrected chi connectivity index (χ1v) is 10.9. The van der Waals surface area contributed by atoms with E-state index in [0.29, 0.717) is 23.0 Å². The van der Waals surface area contributed by atoms with Crippen molar-refractivity contribution in [3.63, 3.8) is 0 Å². The van der Waals surface area contributed by atoms with E-state index in [1.165, 1.54) is 0 Å². The number of anilines is 1. The lowest BCUT2D eigenvalue weighted by Gasteiger charge is -2.20. The normalized spacial score (nSPS) is 16.8. The van der Waals surface area contributed by atoms with Crippen LogP contribution in [-0.2, 0) is 9.59 Å². The number of aromatic nitrogens is 2. The SMILES string of the molecule is CC(C)C[C@@H](NC(=O)CC[C@H]1NC(=O)c2ccccc2NC1=O)c1nc2ccccc2[nH]1. The zero-order valence-corrected chi connectivity index (χ0v) is 18.1. The summed E-state index contributed by atoms with van der Waals surface area (Å²) in [5.41, 5.74) is 2.66. The fraction of sp³-hybridized carbons (Fsp3) is 0.333. The predicted octanol–water partition coefficient (Wildman–Crippen LogP) is 3.30. The molecule has 0 saturated heterocycles. The second-order valence-electron chi connectivity index (χ2n) is 8.49. The van der Waals surface area contributed by atoms with Gasteiger partial charge in [-0.3, -0.25) is 14.4 Å². The van der Waals surface area contributed by atoms with Crippen LogP contribution < -0.4 is 16.0 Å². The first-order valence-electron chi connectivity index (χ1n) is 10.9. The summed E-state index contributed by atoms with van der Waals surface area (Å²) in [5, 5.41) is 8.54. The van der Waals surface area contributed by atoms with Crippen LogP contribution in [0.5, 0.6) is 0 Å². The van der Waals surface area contributed by atoms with E-state index in [1.54, 1.807) is 24.3 Å². The van der Waals surface area contributed by atoms with Gasteiger partial charge in [0.1, 0.15) is 11.9 Å². The number of fused-ring (bicyclic) bond motifs is 2. The van der Waals surface area contributed by atoms with Crippen molar-refractivity contribution in [2.75, 3.05) is 5.32 Å². The number of benzene rings is 2. The number of amides is 3. The highest BCUT2D eigenvalue weighted by Crippen LogP contribution is 2.23. The molecule has 0 radical (unpaired) electrons. The number of hydrogen-bond acceptors (Lipinski definition) is 4. The highest BCUT2D eigenvalue weighted by molar-refractivity contribution is 6.09. The van der Waals surface area contributed by atoms with Crippen LogP contribution >= 0.6 is 0 Å². The van der Waals surface area contributed by atoms with Crippen molar-refractivity contribution in [2.45, 2.75) is 45.2 Å². The van der Waals surface area contributed by atoms with E-state index < -0.39 is 6.04 Å². The largest absolute Gasteiger partial charge is 0.346 e. The smallest absolute Gasteiger partial charge is 0.254 e. The number of nitrogens with zero attached hydrogens (tertiary/aromatic N) is 1. The molecule has 2 atom stereocenters. The number of rotatable bonds is 7. The first kappa shape index (κ1) is 21.5. The Morgan fingerprint density at radius 2 is 1.84 bits per heavy atom. The van der Waals surface area contributed by atoms with Crippen LogP contribution in [0.2, 0.25) is 0 Å². The van der Waals surface area contributed by atoms with Crippen LogP contribution in [0, 0.1) is 5.92 Å². The number of para-hydroxylation sites is 3. The molecule has 0 spiro atoms. The summed E-state index contributed by atoms with van der Waals surface area (Å²) in [7, 11) is 0. The Hall–Kier alpha value is -3.68. The van der Waals surface area contributed by atoms with Gasteiger partial charge < -0.3 is 20.9 Å². The van der Waals surface area contributed by atoms with Gasteiger partial charge in [-0.15, -0.1) is 0 Å². The number of H-pyrrole nitrogens is 1. The zero-order chi connectivity index (χ0) is 22.7. The molecule has 1 aliphatic heterocycles. The minimum absolute atomic E-state index is 0.101. The first-order chi connectivity index (χ1) is 15.4. The summed E-state index contributed by atoms with van der Waals surface area (Å²) >= 11 is 0. The van der Waals surface area contributed by atoms with E-state index in [4.69, 9.17) is 0 Å². The molecule has 3 aromatic rings. The standard InChI is InChI=1S/C24H27N5O3/c1-14(2)13-20(22-26-17-9-5-6-10-18(17)27-22)25-21(30)12-11-19-24(32)28-16-8-4-3-7-15(16)23(31)29-19/h3-10,14,19-20H,11-13H2,1-2H3,(H,25,30)(H,26,27)(H,28,32)(H,29,31)/t19-,20-/m1/s1. The average molecular weight is 434 g/mol. The second-order valence-corrected chi connectivity index (χ2v) is 8.49. The Morgan fingerprint density at radius 1 is 1.09 bits per heavy atom. The van der Waals surface area contributed by atoms with Gasteiger partial charge in [-0.2, -0.15) is 0 Å². The molecule has 2 aromatic carbocycles. The van der Waals surface area contributed by atoms with E-state index >= 15 is 0 Å². The summed E-state index contributed by atoms with van der Waals surface area (Å²) in [6.45, 7) is 4.18. The van der Waals surface area contributed by atoms with Gasteiger partial charge in [-0.05, 0) is 43.0 Å². The third-order valence-corrected chi connectivity index (χ3v) is 5.49. The van der Waals surface area contributed by atoms with Crippen LogP contribution in [0.3, 0.4) is 0 Å². The van der Waals surface area contributed by atoms with E-state index in [2.05, 4.69) is 39.8 Å². The van der Waals surface area contributed by atoms with E-state index in [-0.39, 0.29) is 36.6 Å². The van der Waals surface area contributed by atoms with Gasteiger partial charge in [-0.1, -0.05) is 38.1 Å². The summed E-state index contributed by atoms with van der Waals surface area (Å²) in [5.74, 6) is 0.208. The van der Waals surface area contributed by atoms with Gasteiger partial charge in [-0.25, -0.2) is 4.98 Å². The molecule has 1 aromatic heterocycles. The molecule has 3 amide bonds. The average Bonchev–Trinajstić information content (AvgIpc) is 3.15. The van der Waals surface area contributed by atoms with Gasteiger partial charge >= 0.3 is 0 Å². The number of carbonyl (C=O) groups excluding carboxylic acids is 3. The van der Waals surface area contributed by atoms with E-state index in [9.17, 15) is 14.4 Å². The number of imidazole rings is 1. The lowest BCUT2D eigenvalue weighted by Crippen LogP contribution is -2.42. The lowest BCUT2D eigenvalue weighted by atomic mass is 10.0. The third kappa shape index (κ3) is 4.80. The topological polar surface area (TPSA) is 116 Å². The predicted molar refractivity (Wildman–Crippen MR) is 122 cm³/mol. The third-order valence-electron chi connectivity index (χ3n) is 5.49. The van der Waals surface area contributed by atoms with Crippen molar-refractivity contribution in [1.29, 1.82) is 0 Å².